The van der Waals surface area contributed by atoms with E-state index in [-0.39, 0.29) is 12.5 Å². The first-order valence-electron chi connectivity index (χ1n) is 6.22. The van der Waals surface area contributed by atoms with Gasteiger partial charge in [-0.15, -0.1) is 0 Å². The van der Waals surface area contributed by atoms with Crippen LogP contribution in [0.1, 0.15) is 27.2 Å². The summed E-state index contributed by atoms with van der Waals surface area (Å²) in [5, 5.41) is 11.4. The van der Waals surface area contributed by atoms with E-state index in [9.17, 15) is 14.4 Å². The van der Waals surface area contributed by atoms with Crippen molar-refractivity contribution in [2.45, 2.75) is 45.4 Å². The lowest BCUT2D eigenvalue weighted by Crippen LogP contribution is -2.44. The van der Waals surface area contributed by atoms with Gasteiger partial charge in [0.15, 0.2) is 12.2 Å². The van der Waals surface area contributed by atoms with E-state index >= 15 is 0 Å². The van der Waals surface area contributed by atoms with E-state index < -0.39 is 36.1 Å². The minimum absolute atomic E-state index is 0.127. The minimum atomic E-state index is -1.10. The fourth-order valence-electron chi connectivity index (χ4n) is 1.66. The molecule has 1 amide bonds. The van der Waals surface area contributed by atoms with Gasteiger partial charge in [-0.2, -0.15) is 0 Å². The summed E-state index contributed by atoms with van der Waals surface area (Å²) in [5.74, 6) is -2.16. The molecule has 0 spiro atoms. The van der Waals surface area contributed by atoms with Crippen molar-refractivity contribution in [3.8, 4) is 0 Å². The maximum atomic E-state index is 11.7. The highest BCUT2D eigenvalue weighted by Gasteiger charge is 2.52. The summed E-state index contributed by atoms with van der Waals surface area (Å²) < 4.78 is 9.60. The van der Waals surface area contributed by atoms with Gasteiger partial charge in [0.05, 0.1) is 6.61 Å². The lowest BCUT2D eigenvalue weighted by atomic mass is 10.0. The quantitative estimate of drug-likeness (QED) is 0.497. The second kappa shape index (κ2) is 6.51. The van der Waals surface area contributed by atoms with E-state index in [4.69, 9.17) is 14.6 Å². The number of carbonyl (C=O) groups is 3. The number of rotatable bonds is 7. The van der Waals surface area contributed by atoms with E-state index in [0.717, 1.165) is 0 Å². The molecule has 1 aliphatic rings. The Morgan fingerprint density at radius 1 is 1.32 bits per heavy atom. The topological polar surface area (TPSA) is 105 Å². The number of carboxylic acid groups (broad SMARTS) is 1. The molecule has 0 aliphatic carbocycles. The van der Waals surface area contributed by atoms with Crippen LogP contribution in [0.2, 0.25) is 0 Å². The molecule has 1 rings (SSSR count). The molecule has 7 heteroatoms. The fraction of sp³-hybridized carbons (Fsp3) is 0.750. The first-order valence-corrected chi connectivity index (χ1v) is 6.22. The van der Waals surface area contributed by atoms with Crippen LogP contribution in [0.5, 0.6) is 0 Å². The summed E-state index contributed by atoms with van der Waals surface area (Å²) >= 11 is 0. The summed E-state index contributed by atoms with van der Waals surface area (Å²) in [7, 11) is 0. The van der Waals surface area contributed by atoms with Crippen LogP contribution >= 0.6 is 0 Å². The van der Waals surface area contributed by atoms with Crippen LogP contribution in [-0.2, 0) is 23.9 Å². The highest BCUT2D eigenvalue weighted by Crippen LogP contribution is 2.24. The van der Waals surface area contributed by atoms with Crippen LogP contribution in [0.4, 0.5) is 0 Å². The van der Waals surface area contributed by atoms with Crippen molar-refractivity contribution in [3.63, 3.8) is 0 Å². The SMILES string of the molecule is CCOC(=O)[C@@H]1O[C@H]1C(=O)N[C@@H](CC(C)C)C(=O)O. The van der Waals surface area contributed by atoms with Gasteiger partial charge in [0.1, 0.15) is 6.04 Å². The molecule has 3 atom stereocenters. The van der Waals surface area contributed by atoms with Crippen molar-refractivity contribution < 1.29 is 29.0 Å². The van der Waals surface area contributed by atoms with Gasteiger partial charge in [-0.1, -0.05) is 13.8 Å². The van der Waals surface area contributed by atoms with Gasteiger partial charge >= 0.3 is 11.9 Å². The zero-order valence-corrected chi connectivity index (χ0v) is 11.2. The van der Waals surface area contributed by atoms with Crippen LogP contribution < -0.4 is 5.32 Å². The molecule has 1 aliphatic heterocycles. The number of aliphatic carboxylic acids is 1. The maximum absolute atomic E-state index is 11.7. The van der Waals surface area contributed by atoms with Gasteiger partial charge in [-0.3, -0.25) is 4.79 Å². The standard InChI is InChI=1S/C12H19NO6/c1-4-18-12(17)9-8(19-9)10(14)13-7(11(15)16)5-6(2)3/h6-9H,4-5H2,1-3H3,(H,13,14)(H,15,16)/t7-,8+,9+/m0/s1. The van der Waals surface area contributed by atoms with E-state index in [1.165, 1.54) is 0 Å². The number of esters is 1. The molecule has 0 unspecified atom stereocenters. The number of carbonyl (C=O) groups excluding carboxylic acids is 2. The summed E-state index contributed by atoms with van der Waals surface area (Å²) in [6, 6.07) is -0.973. The first-order chi connectivity index (χ1) is 8.86. The van der Waals surface area contributed by atoms with Crippen LogP contribution in [0.3, 0.4) is 0 Å². The number of epoxide rings is 1. The Kier molecular flexibility index (Phi) is 5.29. The summed E-state index contributed by atoms with van der Waals surface area (Å²) in [4.78, 5) is 34.0. The monoisotopic (exact) mass is 273 g/mol. The molecule has 2 N–H and O–H groups in total. The largest absolute Gasteiger partial charge is 0.480 e. The number of amides is 1. The van der Waals surface area contributed by atoms with Gasteiger partial charge in [-0.05, 0) is 19.3 Å². The predicted molar refractivity (Wildman–Crippen MR) is 64.3 cm³/mol. The van der Waals surface area contributed by atoms with Crippen molar-refractivity contribution in [2.75, 3.05) is 6.61 Å². The Labute approximate surface area is 111 Å². The third-order valence-corrected chi connectivity index (χ3v) is 2.59. The molecule has 0 aromatic rings. The molecule has 0 bridgehead atoms. The Hall–Kier alpha value is -1.63. The molecule has 108 valence electrons. The van der Waals surface area contributed by atoms with Crippen molar-refractivity contribution >= 4 is 17.8 Å². The molecular weight excluding hydrogens is 254 g/mol. The van der Waals surface area contributed by atoms with E-state index in [1.807, 2.05) is 13.8 Å². The Morgan fingerprint density at radius 2 is 1.95 bits per heavy atom. The average molecular weight is 273 g/mol. The van der Waals surface area contributed by atoms with Crippen LogP contribution in [0.25, 0.3) is 0 Å². The molecule has 0 aromatic heterocycles. The molecule has 1 saturated heterocycles. The second-order valence-corrected chi connectivity index (χ2v) is 4.76. The van der Waals surface area contributed by atoms with Gasteiger partial charge in [0.2, 0.25) is 0 Å². The highest BCUT2D eigenvalue weighted by atomic mass is 16.6. The van der Waals surface area contributed by atoms with Gasteiger partial charge in [0.25, 0.3) is 5.91 Å². The van der Waals surface area contributed by atoms with Crippen LogP contribution in [-0.4, -0.2) is 47.8 Å². The van der Waals surface area contributed by atoms with E-state index in [2.05, 4.69) is 5.32 Å². The molecule has 7 nitrogen and oxygen atoms in total. The highest BCUT2D eigenvalue weighted by molar-refractivity contribution is 5.94. The molecule has 0 aromatic carbocycles. The zero-order chi connectivity index (χ0) is 14.6. The zero-order valence-electron chi connectivity index (χ0n) is 11.2. The first kappa shape index (κ1) is 15.4. The molecule has 19 heavy (non-hydrogen) atoms. The third-order valence-electron chi connectivity index (χ3n) is 2.59. The third kappa shape index (κ3) is 4.51. The summed E-state index contributed by atoms with van der Waals surface area (Å²) in [6.07, 6.45) is -1.53. The van der Waals surface area contributed by atoms with E-state index in [1.54, 1.807) is 6.92 Å². The number of ether oxygens (including phenoxy) is 2. The minimum Gasteiger partial charge on any atom is -0.480 e. The summed E-state index contributed by atoms with van der Waals surface area (Å²) in [6.45, 7) is 5.57. The van der Waals surface area contributed by atoms with Crippen LogP contribution in [0, 0.1) is 5.92 Å². The predicted octanol–water partition coefficient (Wildman–Crippen LogP) is -0.0676. The van der Waals surface area contributed by atoms with Gasteiger partial charge < -0.3 is 19.9 Å². The summed E-state index contributed by atoms with van der Waals surface area (Å²) in [5.41, 5.74) is 0. The Morgan fingerprint density at radius 3 is 2.42 bits per heavy atom. The number of nitrogens with one attached hydrogen (secondary N) is 1. The number of hydrogen-bond acceptors (Lipinski definition) is 5. The molecule has 1 heterocycles. The molecule has 0 radical (unpaired) electrons. The smallest absolute Gasteiger partial charge is 0.338 e. The van der Waals surface area contributed by atoms with Gasteiger partial charge in [-0.25, -0.2) is 9.59 Å². The Balaban J connectivity index is 2.47. The normalized spacial score (nSPS) is 22.7. The fourth-order valence-corrected chi connectivity index (χ4v) is 1.66. The molecule has 0 saturated carbocycles. The average Bonchev–Trinajstić information content (AvgIpc) is 3.07. The second-order valence-electron chi connectivity index (χ2n) is 4.76. The lowest BCUT2D eigenvalue weighted by Gasteiger charge is -2.15. The molecule has 1 fully saturated rings. The van der Waals surface area contributed by atoms with Crippen LogP contribution in [0.15, 0.2) is 0 Å². The maximum Gasteiger partial charge on any atom is 0.338 e. The van der Waals surface area contributed by atoms with Crippen molar-refractivity contribution in [1.82, 2.24) is 5.32 Å². The van der Waals surface area contributed by atoms with Crippen molar-refractivity contribution in [2.24, 2.45) is 5.92 Å². The van der Waals surface area contributed by atoms with E-state index in [0.29, 0.717) is 6.42 Å². The van der Waals surface area contributed by atoms with Crippen molar-refractivity contribution in [3.05, 3.63) is 0 Å². The lowest BCUT2D eigenvalue weighted by molar-refractivity contribution is -0.144. The molecular formula is C12H19NO6. The number of carboxylic acids is 1. The Bertz CT molecular complexity index is 367. The number of hydrogen-bond donors (Lipinski definition) is 2. The van der Waals surface area contributed by atoms with Crippen molar-refractivity contribution in [1.29, 1.82) is 0 Å². The van der Waals surface area contributed by atoms with Gasteiger partial charge in [0, 0.05) is 0 Å².